The highest BCUT2D eigenvalue weighted by Gasteiger charge is 2.32. The van der Waals surface area contributed by atoms with E-state index < -0.39 is 10.0 Å². The van der Waals surface area contributed by atoms with E-state index in [-0.39, 0.29) is 11.5 Å². The van der Waals surface area contributed by atoms with Gasteiger partial charge in [-0.15, -0.1) is 0 Å². The fraction of sp³-hybridized carbons (Fsp3) is 0.478. The lowest BCUT2D eigenvalue weighted by atomic mass is 9.87. The molecule has 158 valence electrons. The number of hydrogen-bond donors (Lipinski definition) is 1. The van der Waals surface area contributed by atoms with Crippen LogP contribution in [0.15, 0.2) is 47.4 Å². The van der Waals surface area contributed by atoms with Crippen molar-refractivity contribution < 1.29 is 8.42 Å². The second kappa shape index (κ2) is 8.76. The van der Waals surface area contributed by atoms with Crippen LogP contribution in [0, 0.1) is 6.92 Å². The molecule has 4 nitrogen and oxygen atoms in total. The van der Waals surface area contributed by atoms with Crippen molar-refractivity contribution in [3.05, 3.63) is 64.2 Å². The molecule has 0 saturated carbocycles. The number of aryl methyl sites for hydroxylation is 1. The fourth-order valence-electron chi connectivity index (χ4n) is 3.85. The van der Waals surface area contributed by atoms with Gasteiger partial charge in [-0.2, -0.15) is 4.31 Å². The lowest BCUT2D eigenvalue weighted by Gasteiger charge is -2.34. The minimum atomic E-state index is -3.62. The summed E-state index contributed by atoms with van der Waals surface area (Å²) in [6.07, 6.45) is 1.61. The fourth-order valence-corrected chi connectivity index (χ4v) is 5.84. The topological polar surface area (TPSA) is 49.4 Å². The maximum Gasteiger partial charge on any atom is 0.243 e. The number of benzene rings is 2. The SMILES string of the molecule is Cc1cc(Cl)cc(CN(C2CCNCC2)S(=O)(=O)c2ccc(C(C)(C)C)cc2)c1. The molecule has 2 aromatic carbocycles. The standard InChI is InChI=1S/C23H31ClN2O2S/c1-17-13-18(15-20(24)14-17)16-26(21-9-11-25-12-10-21)29(27,28)22-7-5-19(6-8-22)23(2,3)4/h5-8,13-15,21,25H,9-12,16H2,1-4H3. The second-order valence-corrected chi connectivity index (χ2v) is 11.3. The summed E-state index contributed by atoms with van der Waals surface area (Å²) < 4.78 is 29.0. The summed E-state index contributed by atoms with van der Waals surface area (Å²) in [5.41, 5.74) is 3.05. The van der Waals surface area contributed by atoms with E-state index in [4.69, 9.17) is 11.6 Å². The number of hydrogen-bond acceptors (Lipinski definition) is 3. The Bertz CT molecular complexity index is 924. The molecule has 1 aliphatic heterocycles. The smallest absolute Gasteiger partial charge is 0.243 e. The summed E-state index contributed by atoms with van der Waals surface area (Å²) in [5, 5.41) is 3.96. The summed E-state index contributed by atoms with van der Waals surface area (Å²) in [6, 6.07) is 13.1. The molecule has 1 saturated heterocycles. The number of nitrogens with zero attached hydrogens (tertiary/aromatic N) is 1. The van der Waals surface area contributed by atoms with Gasteiger partial charge in [-0.25, -0.2) is 8.42 Å². The molecular formula is C23H31ClN2O2S. The van der Waals surface area contributed by atoms with E-state index in [1.807, 2.05) is 37.3 Å². The van der Waals surface area contributed by atoms with Crippen molar-refractivity contribution in [2.75, 3.05) is 13.1 Å². The Morgan fingerprint density at radius 1 is 1.07 bits per heavy atom. The van der Waals surface area contributed by atoms with Crippen LogP contribution < -0.4 is 5.32 Å². The number of halogens is 1. The largest absolute Gasteiger partial charge is 0.317 e. The molecule has 6 heteroatoms. The molecular weight excluding hydrogens is 404 g/mol. The molecule has 1 fully saturated rings. The molecule has 29 heavy (non-hydrogen) atoms. The number of nitrogens with one attached hydrogen (secondary N) is 1. The van der Waals surface area contributed by atoms with Crippen molar-refractivity contribution in [1.29, 1.82) is 0 Å². The average Bonchev–Trinajstić information content (AvgIpc) is 2.65. The van der Waals surface area contributed by atoms with E-state index in [0.717, 1.165) is 42.6 Å². The Morgan fingerprint density at radius 3 is 2.24 bits per heavy atom. The predicted octanol–water partition coefficient (Wildman–Crippen LogP) is 4.89. The number of sulfonamides is 1. The van der Waals surface area contributed by atoms with Gasteiger partial charge < -0.3 is 5.32 Å². The molecule has 0 spiro atoms. The zero-order chi connectivity index (χ0) is 21.2. The molecule has 0 bridgehead atoms. The average molecular weight is 435 g/mol. The molecule has 1 heterocycles. The lowest BCUT2D eigenvalue weighted by Crippen LogP contribution is -2.45. The van der Waals surface area contributed by atoms with Crippen molar-refractivity contribution in [3.63, 3.8) is 0 Å². The Morgan fingerprint density at radius 2 is 1.69 bits per heavy atom. The lowest BCUT2D eigenvalue weighted by molar-refractivity contribution is 0.256. The van der Waals surface area contributed by atoms with E-state index in [9.17, 15) is 8.42 Å². The van der Waals surface area contributed by atoms with Gasteiger partial charge in [0.2, 0.25) is 10.0 Å². The van der Waals surface area contributed by atoms with E-state index >= 15 is 0 Å². The molecule has 1 aliphatic rings. The normalized spacial score (nSPS) is 16.3. The number of rotatable bonds is 5. The van der Waals surface area contributed by atoms with Crippen molar-refractivity contribution in [3.8, 4) is 0 Å². The molecule has 2 aromatic rings. The van der Waals surface area contributed by atoms with E-state index in [0.29, 0.717) is 16.5 Å². The van der Waals surface area contributed by atoms with Gasteiger partial charge in [0, 0.05) is 17.6 Å². The third kappa shape index (κ3) is 5.40. The molecule has 0 radical (unpaired) electrons. The first-order valence-corrected chi connectivity index (χ1v) is 12.0. The van der Waals surface area contributed by atoms with Crippen molar-refractivity contribution in [2.45, 2.75) is 63.4 Å². The summed E-state index contributed by atoms with van der Waals surface area (Å²) in [5.74, 6) is 0. The van der Waals surface area contributed by atoms with Crippen molar-refractivity contribution >= 4 is 21.6 Å². The summed E-state index contributed by atoms with van der Waals surface area (Å²) in [4.78, 5) is 0.350. The van der Waals surface area contributed by atoms with E-state index in [2.05, 4.69) is 26.1 Å². The highest BCUT2D eigenvalue weighted by molar-refractivity contribution is 7.89. The molecule has 0 aromatic heterocycles. The van der Waals surface area contributed by atoms with Crippen LogP contribution in [0.25, 0.3) is 0 Å². The Hall–Kier alpha value is -1.40. The first kappa shape index (κ1) is 22.3. The molecule has 0 amide bonds. The minimum Gasteiger partial charge on any atom is -0.317 e. The van der Waals surface area contributed by atoms with E-state index in [1.54, 1.807) is 16.4 Å². The Balaban J connectivity index is 1.97. The van der Waals surface area contributed by atoms with Crippen molar-refractivity contribution in [1.82, 2.24) is 9.62 Å². The van der Waals surface area contributed by atoms with Crippen LogP contribution in [-0.2, 0) is 22.0 Å². The Labute approximate surface area is 180 Å². The maximum absolute atomic E-state index is 13.6. The highest BCUT2D eigenvalue weighted by atomic mass is 35.5. The molecule has 0 aliphatic carbocycles. The quantitative estimate of drug-likeness (QED) is 0.728. The van der Waals surface area contributed by atoms with Gasteiger partial charge in [0.25, 0.3) is 0 Å². The third-order valence-electron chi connectivity index (χ3n) is 5.48. The zero-order valence-electron chi connectivity index (χ0n) is 17.7. The molecule has 1 N–H and O–H groups in total. The molecule has 0 unspecified atom stereocenters. The monoisotopic (exact) mass is 434 g/mol. The van der Waals surface area contributed by atoms with Crippen LogP contribution in [0.4, 0.5) is 0 Å². The van der Waals surface area contributed by atoms with Crippen LogP contribution in [0.3, 0.4) is 0 Å². The first-order valence-electron chi connectivity index (χ1n) is 10.2. The zero-order valence-corrected chi connectivity index (χ0v) is 19.3. The second-order valence-electron chi connectivity index (χ2n) is 8.94. The van der Waals surface area contributed by atoms with Crippen LogP contribution in [0.5, 0.6) is 0 Å². The summed E-state index contributed by atoms with van der Waals surface area (Å²) in [6.45, 7) is 10.3. The Kier molecular flexibility index (Phi) is 6.74. The van der Waals surface area contributed by atoms with Gasteiger partial charge in [-0.3, -0.25) is 0 Å². The minimum absolute atomic E-state index is 0.0185. The predicted molar refractivity (Wildman–Crippen MR) is 120 cm³/mol. The van der Waals surface area contributed by atoms with E-state index in [1.165, 1.54) is 0 Å². The van der Waals surface area contributed by atoms with Crippen LogP contribution >= 0.6 is 11.6 Å². The molecule has 0 atom stereocenters. The van der Waals surface area contributed by atoms with Gasteiger partial charge in [-0.1, -0.05) is 50.6 Å². The summed E-state index contributed by atoms with van der Waals surface area (Å²) in [7, 11) is -3.62. The molecule has 3 rings (SSSR count). The first-order chi connectivity index (χ1) is 13.6. The van der Waals surface area contributed by atoms with Gasteiger partial charge in [-0.05, 0) is 79.2 Å². The maximum atomic E-state index is 13.6. The van der Waals surface area contributed by atoms with Crippen LogP contribution in [0.1, 0.15) is 50.3 Å². The van der Waals surface area contributed by atoms with Gasteiger partial charge in [0.15, 0.2) is 0 Å². The highest BCUT2D eigenvalue weighted by Crippen LogP contribution is 2.29. The van der Waals surface area contributed by atoms with Gasteiger partial charge >= 0.3 is 0 Å². The van der Waals surface area contributed by atoms with Crippen molar-refractivity contribution in [2.24, 2.45) is 0 Å². The number of piperidine rings is 1. The third-order valence-corrected chi connectivity index (χ3v) is 7.61. The summed E-state index contributed by atoms with van der Waals surface area (Å²) >= 11 is 6.23. The van der Waals surface area contributed by atoms with Gasteiger partial charge in [0.05, 0.1) is 4.90 Å². The van der Waals surface area contributed by atoms with Crippen LogP contribution in [0.2, 0.25) is 5.02 Å². The van der Waals surface area contributed by atoms with Crippen LogP contribution in [-0.4, -0.2) is 31.9 Å². The van der Waals surface area contributed by atoms with Gasteiger partial charge in [0.1, 0.15) is 0 Å².